The normalized spacial score (nSPS) is 17.8. The van der Waals surface area contributed by atoms with Gasteiger partial charge in [0.05, 0.1) is 29.0 Å². The number of aromatic nitrogens is 2. The number of nitrogens with zero attached hydrogens (tertiary/aromatic N) is 2. The Kier molecular flexibility index (Phi) is 4.24. The third-order valence-electron chi connectivity index (χ3n) is 6.33. The summed E-state index contributed by atoms with van der Waals surface area (Å²) in [5, 5.41) is 4.37. The van der Waals surface area contributed by atoms with E-state index in [1.807, 2.05) is 25.1 Å². The fraction of sp³-hybridized carbons (Fsp3) is 0.348. The van der Waals surface area contributed by atoms with E-state index in [0.29, 0.717) is 41.4 Å². The van der Waals surface area contributed by atoms with Crippen LogP contribution in [0.1, 0.15) is 35.3 Å². The van der Waals surface area contributed by atoms with Crippen LogP contribution in [0.2, 0.25) is 0 Å². The third-order valence-corrected chi connectivity index (χ3v) is 6.33. The average molecular weight is 435 g/mol. The zero-order valence-corrected chi connectivity index (χ0v) is 17.7. The first-order valence-electron chi connectivity index (χ1n) is 10.5. The van der Waals surface area contributed by atoms with Gasteiger partial charge in [0.2, 0.25) is 6.79 Å². The summed E-state index contributed by atoms with van der Waals surface area (Å²) in [6, 6.07) is 5.68. The molecule has 0 saturated heterocycles. The maximum atomic E-state index is 13.4. The Morgan fingerprint density at radius 1 is 1.16 bits per heavy atom. The predicted octanol–water partition coefficient (Wildman–Crippen LogP) is 2.01. The lowest BCUT2D eigenvalue weighted by molar-refractivity contribution is -0.159. The summed E-state index contributed by atoms with van der Waals surface area (Å²) in [5.41, 5.74) is 5.05. The monoisotopic (exact) mass is 435 g/mol. The first kappa shape index (κ1) is 19.3. The van der Waals surface area contributed by atoms with Gasteiger partial charge in [-0.2, -0.15) is 0 Å². The van der Waals surface area contributed by atoms with Crippen LogP contribution in [0.15, 0.2) is 23.0 Å². The van der Waals surface area contributed by atoms with Crippen LogP contribution >= 0.6 is 0 Å². The highest BCUT2D eigenvalue weighted by atomic mass is 16.7. The van der Waals surface area contributed by atoms with E-state index in [0.717, 1.165) is 34.3 Å². The molecule has 3 aromatic rings. The highest BCUT2D eigenvalue weighted by molar-refractivity contribution is 5.91. The summed E-state index contributed by atoms with van der Waals surface area (Å²) in [6.45, 7) is 4.02. The van der Waals surface area contributed by atoms with Crippen molar-refractivity contribution in [1.29, 1.82) is 0 Å². The summed E-state index contributed by atoms with van der Waals surface area (Å²) >= 11 is 0. The van der Waals surface area contributed by atoms with Crippen LogP contribution in [0.5, 0.6) is 11.5 Å². The van der Waals surface area contributed by atoms with Gasteiger partial charge in [-0.3, -0.25) is 4.79 Å². The standard InChI is InChI=1S/C23H21N3O6/c1-3-24-7-13-11-5-18-19(32-10-31-18)6-16(11)25-20-14(13)8-26-17(20)4-12-15(22(26)27)9-30-23(28)21(12)29-2/h4-6,21,24H,3,7-10H2,1-2H3. The molecule has 2 aromatic heterocycles. The molecule has 0 radical (unpaired) electrons. The number of rotatable bonds is 4. The lowest BCUT2D eigenvalue weighted by atomic mass is 9.98. The smallest absolute Gasteiger partial charge is 0.340 e. The first-order valence-corrected chi connectivity index (χ1v) is 10.5. The molecule has 3 aliphatic heterocycles. The quantitative estimate of drug-likeness (QED) is 0.486. The number of benzene rings is 1. The predicted molar refractivity (Wildman–Crippen MR) is 114 cm³/mol. The molecular weight excluding hydrogens is 414 g/mol. The van der Waals surface area contributed by atoms with Gasteiger partial charge in [-0.05, 0) is 24.2 Å². The van der Waals surface area contributed by atoms with E-state index in [2.05, 4.69) is 5.32 Å². The van der Waals surface area contributed by atoms with E-state index in [-0.39, 0.29) is 19.0 Å². The van der Waals surface area contributed by atoms with Crippen LogP contribution in [0.4, 0.5) is 0 Å². The lowest BCUT2D eigenvalue weighted by Crippen LogP contribution is -2.33. The summed E-state index contributed by atoms with van der Waals surface area (Å²) in [7, 11) is 1.43. The van der Waals surface area contributed by atoms with E-state index in [4.69, 9.17) is 23.9 Å². The van der Waals surface area contributed by atoms with E-state index in [1.165, 1.54) is 7.11 Å². The van der Waals surface area contributed by atoms with Gasteiger partial charge >= 0.3 is 5.97 Å². The minimum atomic E-state index is -0.920. The van der Waals surface area contributed by atoms with Crippen molar-refractivity contribution in [2.75, 3.05) is 20.4 Å². The molecule has 0 amide bonds. The number of hydrogen-bond acceptors (Lipinski definition) is 8. The molecule has 164 valence electrons. The Morgan fingerprint density at radius 3 is 2.75 bits per heavy atom. The largest absolute Gasteiger partial charge is 0.458 e. The van der Waals surface area contributed by atoms with Crippen molar-refractivity contribution in [3.8, 4) is 22.9 Å². The zero-order chi connectivity index (χ0) is 22.0. The molecule has 0 fully saturated rings. The van der Waals surface area contributed by atoms with Gasteiger partial charge in [0.1, 0.15) is 6.61 Å². The molecule has 6 rings (SSSR count). The van der Waals surface area contributed by atoms with Crippen LogP contribution in [-0.2, 0) is 34.0 Å². The van der Waals surface area contributed by atoms with Gasteiger partial charge in [-0.25, -0.2) is 9.78 Å². The van der Waals surface area contributed by atoms with Crippen LogP contribution in [0, 0.1) is 0 Å². The Labute approximate surface area is 182 Å². The van der Waals surface area contributed by atoms with Crippen LogP contribution in [0.3, 0.4) is 0 Å². The number of esters is 1. The SMILES string of the molecule is CCNCc1c2c(nc3cc4c(cc13)OCO4)-c1cc3c(c(=O)n1C2)COC(=O)C3OC. The van der Waals surface area contributed by atoms with Crippen molar-refractivity contribution in [2.45, 2.75) is 32.7 Å². The zero-order valence-electron chi connectivity index (χ0n) is 17.7. The number of nitrogens with one attached hydrogen (secondary N) is 1. The molecular formula is C23H21N3O6. The molecule has 1 aromatic carbocycles. The molecule has 3 aliphatic rings. The second-order valence-electron chi connectivity index (χ2n) is 8.00. The highest BCUT2D eigenvalue weighted by Gasteiger charge is 2.36. The first-order chi connectivity index (χ1) is 15.6. The topological polar surface area (TPSA) is 101 Å². The van der Waals surface area contributed by atoms with Crippen molar-refractivity contribution >= 4 is 16.9 Å². The Hall–Kier alpha value is -3.43. The van der Waals surface area contributed by atoms with Gasteiger partial charge in [0.25, 0.3) is 5.56 Å². The van der Waals surface area contributed by atoms with Gasteiger partial charge in [-0.1, -0.05) is 6.92 Å². The fourth-order valence-corrected chi connectivity index (χ4v) is 4.76. The molecule has 1 unspecified atom stereocenters. The number of cyclic esters (lactones) is 1. The molecule has 5 heterocycles. The van der Waals surface area contributed by atoms with Crippen molar-refractivity contribution in [3.63, 3.8) is 0 Å². The third kappa shape index (κ3) is 2.61. The summed E-state index contributed by atoms with van der Waals surface area (Å²) in [4.78, 5) is 30.5. The molecule has 0 saturated carbocycles. The Balaban J connectivity index is 1.61. The van der Waals surface area contributed by atoms with Crippen molar-refractivity contribution in [2.24, 2.45) is 0 Å². The number of ether oxygens (including phenoxy) is 4. The number of methoxy groups -OCH3 is 1. The van der Waals surface area contributed by atoms with E-state index in [9.17, 15) is 9.59 Å². The van der Waals surface area contributed by atoms with Gasteiger partial charge in [0, 0.05) is 36.2 Å². The van der Waals surface area contributed by atoms with Gasteiger partial charge in [0.15, 0.2) is 17.6 Å². The molecule has 9 nitrogen and oxygen atoms in total. The highest BCUT2D eigenvalue weighted by Crippen LogP contribution is 2.42. The second kappa shape index (κ2) is 7.04. The van der Waals surface area contributed by atoms with Crippen molar-refractivity contribution in [3.05, 3.63) is 50.8 Å². The van der Waals surface area contributed by atoms with E-state index < -0.39 is 12.1 Å². The van der Waals surface area contributed by atoms with Crippen LogP contribution in [0.25, 0.3) is 22.3 Å². The average Bonchev–Trinajstić information content (AvgIpc) is 3.40. The molecule has 0 bridgehead atoms. The molecule has 0 aliphatic carbocycles. The Bertz CT molecular complexity index is 1360. The number of carbonyl (C=O) groups is 1. The number of pyridine rings is 2. The fourth-order valence-electron chi connectivity index (χ4n) is 4.76. The van der Waals surface area contributed by atoms with Gasteiger partial charge < -0.3 is 28.8 Å². The van der Waals surface area contributed by atoms with Crippen LogP contribution in [-0.4, -0.2) is 36.0 Å². The van der Waals surface area contributed by atoms with Crippen molar-refractivity contribution in [1.82, 2.24) is 14.9 Å². The Morgan fingerprint density at radius 2 is 1.97 bits per heavy atom. The minimum absolute atomic E-state index is 0.0511. The molecule has 9 heteroatoms. The number of carbonyl (C=O) groups excluding carboxylic acids is 1. The molecule has 1 N–H and O–H groups in total. The summed E-state index contributed by atoms with van der Waals surface area (Å²) < 4.78 is 23.4. The summed E-state index contributed by atoms with van der Waals surface area (Å²) in [6.07, 6.45) is -0.920. The van der Waals surface area contributed by atoms with E-state index in [1.54, 1.807) is 4.57 Å². The molecule has 0 spiro atoms. The molecule has 32 heavy (non-hydrogen) atoms. The van der Waals surface area contributed by atoms with E-state index >= 15 is 0 Å². The summed E-state index contributed by atoms with van der Waals surface area (Å²) in [5.74, 6) is 0.857. The minimum Gasteiger partial charge on any atom is -0.458 e. The maximum absolute atomic E-state index is 13.4. The lowest BCUT2D eigenvalue weighted by Gasteiger charge is -2.24. The molecule has 1 atom stereocenters. The van der Waals surface area contributed by atoms with Gasteiger partial charge in [-0.15, -0.1) is 0 Å². The number of fused-ring (bicyclic) bond motifs is 6. The second-order valence-corrected chi connectivity index (χ2v) is 8.00. The van der Waals surface area contributed by atoms with Crippen molar-refractivity contribution < 1.29 is 23.7 Å². The maximum Gasteiger partial charge on any atom is 0.340 e. The van der Waals surface area contributed by atoms with Crippen LogP contribution < -0.4 is 20.3 Å². The number of hydrogen-bond donors (Lipinski definition) is 1.